The van der Waals surface area contributed by atoms with E-state index in [1.165, 1.54) is 28.9 Å². The van der Waals surface area contributed by atoms with Crippen molar-refractivity contribution in [2.75, 3.05) is 0 Å². The predicted molar refractivity (Wildman–Crippen MR) is 121 cm³/mol. The maximum absolute atomic E-state index is 14.4. The van der Waals surface area contributed by atoms with Gasteiger partial charge >= 0.3 is 6.18 Å². The highest BCUT2D eigenvalue weighted by Crippen LogP contribution is 2.30. The third kappa shape index (κ3) is 4.85. The number of aromatic nitrogens is 2. The summed E-state index contributed by atoms with van der Waals surface area (Å²) in [5.74, 6) is -1.03. The van der Waals surface area contributed by atoms with E-state index in [4.69, 9.17) is 0 Å². The molecule has 4 rings (SSSR count). The highest BCUT2D eigenvalue weighted by molar-refractivity contribution is 5.94. The van der Waals surface area contributed by atoms with Gasteiger partial charge in [-0.15, -0.1) is 0 Å². The van der Waals surface area contributed by atoms with Crippen LogP contribution < -0.4 is 5.32 Å². The Bertz CT molecular complexity index is 1360. The van der Waals surface area contributed by atoms with Crippen molar-refractivity contribution in [3.05, 3.63) is 107 Å². The molecule has 0 saturated carbocycles. The monoisotopic (exact) mass is 467 g/mol. The van der Waals surface area contributed by atoms with Crippen molar-refractivity contribution in [2.45, 2.75) is 26.6 Å². The maximum Gasteiger partial charge on any atom is 0.416 e. The summed E-state index contributed by atoms with van der Waals surface area (Å²) in [6.07, 6.45) is -4.48. The molecule has 174 valence electrons. The van der Waals surface area contributed by atoms with E-state index >= 15 is 0 Å². The van der Waals surface area contributed by atoms with Crippen LogP contribution in [0.15, 0.2) is 72.8 Å². The average Bonchev–Trinajstić information content (AvgIpc) is 3.24. The lowest BCUT2D eigenvalue weighted by atomic mass is 10.1. The topological polar surface area (TPSA) is 46.9 Å². The molecule has 1 amide bonds. The molecule has 3 aromatic carbocycles. The number of alkyl halides is 3. The molecule has 0 saturated heterocycles. The minimum absolute atomic E-state index is 0.115. The van der Waals surface area contributed by atoms with Crippen molar-refractivity contribution in [1.29, 1.82) is 0 Å². The summed E-state index contributed by atoms with van der Waals surface area (Å²) in [5.41, 5.74) is 2.59. The summed E-state index contributed by atoms with van der Waals surface area (Å²) in [5, 5.41) is 7.16. The molecule has 0 spiro atoms. The largest absolute Gasteiger partial charge is 0.416 e. The van der Waals surface area contributed by atoms with Crippen molar-refractivity contribution in [3.8, 4) is 16.9 Å². The first kappa shape index (κ1) is 23.2. The molecule has 0 atom stereocenters. The molecule has 1 heterocycles. The quantitative estimate of drug-likeness (QED) is 0.353. The van der Waals surface area contributed by atoms with Crippen LogP contribution in [-0.4, -0.2) is 15.7 Å². The molecule has 8 heteroatoms. The zero-order valence-corrected chi connectivity index (χ0v) is 18.4. The van der Waals surface area contributed by atoms with Gasteiger partial charge in [0.05, 0.1) is 16.9 Å². The summed E-state index contributed by atoms with van der Waals surface area (Å²) in [4.78, 5) is 13.1. The molecule has 1 aromatic heterocycles. The minimum atomic E-state index is -4.48. The number of aryl methyl sites for hydroxylation is 2. The number of nitrogens with zero attached hydrogens (tertiary/aromatic N) is 2. The fraction of sp³-hybridized carbons (Fsp3) is 0.154. The van der Waals surface area contributed by atoms with Gasteiger partial charge in [-0.1, -0.05) is 36.4 Å². The maximum atomic E-state index is 14.4. The van der Waals surface area contributed by atoms with Crippen LogP contribution in [0.5, 0.6) is 0 Å². The van der Waals surface area contributed by atoms with E-state index in [1.54, 1.807) is 18.2 Å². The van der Waals surface area contributed by atoms with E-state index in [0.29, 0.717) is 11.3 Å². The van der Waals surface area contributed by atoms with Crippen LogP contribution in [0.4, 0.5) is 17.6 Å². The van der Waals surface area contributed by atoms with Crippen LogP contribution in [0.3, 0.4) is 0 Å². The van der Waals surface area contributed by atoms with E-state index in [0.717, 1.165) is 23.3 Å². The van der Waals surface area contributed by atoms with Gasteiger partial charge in [0.2, 0.25) is 0 Å². The Kier molecular flexibility index (Phi) is 6.24. The first-order chi connectivity index (χ1) is 16.1. The Morgan fingerprint density at radius 1 is 0.971 bits per heavy atom. The first-order valence-corrected chi connectivity index (χ1v) is 10.5. The van der Waals surface area contributed by atoms with E-state index in [2.05, 4.69) is 10.4 Å². The van der Waals surface area contributed by atoms with Crippen LogP contribution in [0.1, 0.15) is 32.7 Å². The molecule has 0 aliphatic rings. The highest BCUT2D eigenvalue weighted by atomic mass is 19.4. The Morgan fingerprint density at radius 2 is 1.74 bits per heavy atom. The van der Waals surface area contributed by atoms with Gasteiger partial charge in [0.25, 0.3) is 5.91 Å². The Labute approximate surface area is 193 Å². The second-order valence-electron chi connectivity index (χ2n) is 7.98. The minimum Gasteiger partial charge on any atom is -0.347 e. The summed E-state index contributed by atoms with van der Waals surface area (Å²) < 4.78 is 54.9. The molecule has 4 aromatic rings. The zero-order chi connectivity index (χ0) is 24.5. The fourth-order valence-corrected chi connectivity index (χ4v) is 3.61. The van der Waals surface area contributed by atoms with Gasteiger partial charge in [0, 0.05) is 12.1 Å². The normalized spacial score (nSPS) is 11.5. The molecule has 0 bridgehead atoms. The van der Waals surface area contributed by atoms with Gasteiger partial charge in [0.1, 0.15) is 11.5 Å². The fourth-order valence-electron chi connectivity index (χ4n) is 3.61. The lowest BCUT2D eigenvalue weighted by Gasteiger charge is -2.12. The van der Waals surface area contributed by atoms with Gasteiger partial charge in [-0.05, 0) is 66.9 Å². The van der Waals surface area contributed by atoms with Gasteiger partial charge < -0.3 is 5.32 Å². The molecule has 0 unspecified atom stereocenters. The molecule has 1 N–H and O–H groups in total. The number of hydrogen-bond acceptors (Lipinski definition) is 2. The number of rotatable bonds is 5. The number of amides is 1. The van der Waals surface area contributed by atoms with Gasteiger partial charge in [-0.2, -0.15) is 18.3 Å². The van der Waals surface area contributed by atoms with Crippen molar-refractivity contribution in [2.24, 2.45) is 0 Å². The number of carbonyl (C=O) groups excluding carboxylic acids is 1. The Morgan fingerprint density at radius 3 is 2.47 bits per heavy atom. The molecule has 0 aliphatic carbocycles. The van der Waals surface area contributed by atoms with Crippen LogP contribution in [0.25, 0.3) is 16.9 Å². The van der Waals surface area contributed by atoms with Crippen molar-refractivity contribution in [1.82, 2.24) is 15.1 Å². The zero-order valence-electron chi connectivity index (χ0n) is 18.4. The van der Waals surface area contributed by atoms with Crippen LogP contribution in [-0.2, 0) is 12.7 Å². The van der Waals surface area contributed by atoms with E-state index < -0.39 is 23.5 Å². The summed E-state index contributed by atoms with van der Waals surface area (Å²) in [6, 6.07) is 18.0. The number of carbonyl (C=O) groups is 1. The number of hydrogen-bond donors (Lipinski definition) is 1. The second kappa shape index (κ2) is 9.13. The molecule has 4 nitrogen and oxygen atoms in total. The Balaban J connectivity index is 1.71. The molecule has 0 aliphatic heterocycles. The molecular weight excluding hydrogens is 446 g/mol. The lowest BCUT2D eigenvalue weighted by molar-refractivity contribution is -0.137. The van der Waals surface area contributed by atoms with Crippen molar-refractivity contribution in [3.63, 3.8) is 0 Å². The van der Waals surface area contributed by atoms with E-state index in [-0.39, 0.29) is 23.5 Å². The van der Waals surface area contributed by atoms with Crippen LogP contribution in [0.2, 0.25) is 0 Å². The number of halogens is 4. The lowest BCUT2D eigenvalue weighted by Crippen LogP contribution is -2.25. The Hall–Kier alpha value is -3.94. The van der Waals surface area contributed by atoms with Crippen LogP contribution in [0, 0.1) is 19.7 Å². The summed E-state index contributed by atoms with van der Waals surface area (Å²) in [7, 11) is 0. The summed E-state index contributed by atoms with van der Waals surface area (Å²) in [6.45, 7) is 3.65. The van der Waals surface area contributed by atoms with Crippen molar-refractivity contribution >= 4 is 5.91 Å². The molecular formula is C26H21F4N3O. The number of benzene rings is 3. The average molecular weight is 467 g/mol. The van der Waals surface area contributed by atoms with Crippen molar-refractivity contribution < 1.29 is 22.4 Å². The molecule has 0 radical (unpaired) electrons. The van der Waals surface area contributed by atoms with Crippen LogP contribution >= 0.6 is 0 Å². The molecule has 34 heavy (non-hydrogen) atoms. The van der Waals surface area contributed by atoms with E-state index in [9.17, 15) is 22.4 Å². The number of nitrogens with one attached hydrogen (secondary N) is 1. The highest BCUT2D eigenvalue weighted by Gasteiger charge is 2.30. The van der Waals surface area contributed by atoms with Gasteiger partial charge in [-0.25, -0.2) is 9.07 Å². The van der Waals surface area contributed by atoms with Gasteiger partial charge in [-0.3, -0.25) is 4.79 Å². The van der Waals surface area contributed by atoms with Gasteiger partial charge in [0.15, 0.2) is 0 Å². The third-order valence-electron chi connectivity index (χ3n) is 5.39. The third-order valence-corrected chi connectivity index (χ3v) is 5.39. The first-order valence-electron chi connectivity index (χ1n) is 10.5. The second-order valence-corrected chi connectivity index (χ2v) is 7.98. The summed E-state index contributed by atoms with van der Waals surface area (Å²) >= 11 is 0. The SMILES string of the molecule is Cc1ccc(C)c(-n2nc(-c3ccccc3F)cc2C(=O)NCc2cccc(C(F)(F)F)c2)c1. The molecule has 0 fully saturated rings. The smallest absolute Gasteiger partial charge is 0.347 e. The predicted octanol–water partition coefficient (Wildman–Crippen LogP) is 6.24. The van der Waals surface area contributed by atoms with E-state index in [1.807, 2.05) is 32.0 Å². The standard InChI is InChI=1S/C26H21F4N3O/c1-16-10-11-17(2)23(12-16)33-24(14-22(32-33)20-8-3-4-9-21(20)27)25(34)31-15-18-6-5-7-19(13-18)26(28,29)30/h3-14H,15H2,1-2H3,(H,31,34).